The summed E-state index contributed by atoms with van der Waals surface area (Å²) in [6, 6.07) is 6.79. The van der Waals surface area contributed by atoms with Crippen LogP contribution in [-0.2, 0) is 19.4 Å². The third-order valence-electron chi connectivity index (χ3n) is 3.38. The first-order valence-electron chi connectivity index (χ1n) is 6.37. The van der Waals surface area contributed by atoms with E-state index in [1.54, 1.807) is 11.1 Å². The second-order valence-corrected chi connectivity index (χ2v) is 6.04. The van der Waals surface area contributed by atoms with Gasteiger partial charge in [-0.25, -0.2) is 0 Å². The van der Waals surface area contributed by atoms with Crippen molar-refractivity contribution in [3.05, 3.63) is 34.9 Å². The standard InChI is InChI=1S/C15H23N/c1-15(2,3)9-7-12-5-4-6-13-11-16-10-8-14(12)13/h4-6,16H,7-11H2,1-3H3. The minimum absolute atomic E-state index is 0.440. The summed E-state index contributed by atoms with van der Waals surface area (Å²) in [5.41, 5.74) is 5.15. The molecule has 0 aromatic heterocycles. The van der Waals surface area contributed by atoms with Crippen molar-refractivity contribution in [2.24, 2.45) is 5.41 Å². The molecule has 0 spiro atoms. The number of hydrogen-bond acceptors (Lipinski definition) is 1. The minimum Gasteiger partial charge on any atom is -0.312 e. The van der Waals surface area contributed by atoms with Crippen LogP contribution in [0.3, 0.4) is 0 Å². The van der Waals surface area contributed by atoms with Gasteiger partial charge in [0.1, 0.15) is 0 Å². The third-order valence-corrected chi connectivity index (χ3v) is 3.38. The molecule has 0 bridgehead atoms. The molecule has 2 rings (SSSR count). The van der Waals surface area contributed by atoms with E-state index in [1.807, 2.05) is 0 Å². The number of rotatable bonds is 2. The van der Waals surface area contributed by atoms with E-state index in [9.17, 15) is 0 Å². The van der Waals surface area contributed by atoms with E-state index < -0.39 is 0 Å². The topological polar surface area (TPSA) is 12.0 Å². The molecule has 88 valence electrons. The lowest BCUT2D eigenvalue weighted by molar-refractivity contribution is 0.377. The van der Waals surface area contributed by atoms with Gasteiger partial charge in [0.2, 0.25) is 0 Å². The van der Waals surface area contributed by atoms with Crippen LogP contribution >= 0.6 is 0 Å². The summed E-state index contributed by atoms with van der Waals surface area (Å²) in [4.78, 5) is 0. The molecule has 1 aliphatic rings. The molecule has 1 heteroatoms. The zero-order valence-electron chi connectivity index (χ0n) is 10.8. The van der Waals surface area contributed by atoms with E-state index in [2.05, 4.69) is 44.3 Å². The molecule has 0 atom stereocenters. The molecule has 0 saturated heterocycles. The van der Waals surface area contributed by atoms with E-state index in [0.717, 1.165) is 13.1 Å². The Hall–Kier alpha value is -0.820. The molecular formula is C15H23N. The predicted octanol–water partition coefficient (Wildman–Crippen LogP) is 3.31. The Kier molecular flexibility index (Phi) is 3.34. The van der Waals surface area contributed by atoms with E-state index in [-0.39, 0.29) is 0 Å². The first-order valence-corrected chi connectivity index (χ1v) is 6.37. The first kappa shape index (κ1) is 11.7. The Morgan fingerprint density at radius 2 is 2.06 bits per heavy atom. The Labute approximate surface area is 99.3 Å². The Morgan fingerprint density at radius 3 is 2.81 bits per heavy atom. The van der Waals surface area contributed by atoms with Crippen molar-refractivity contribution in [2.45, 2.75) is 46.6 Å². The average molecular weight is 217 g/mol. The zero-order chi connectivity index (χ0) is 11.6. The normalized spacial score (nSPS) is 15.9. The van der Waals surface area contributed by atoms with Crippen LogP contribution in [0.2, 0.25) is 0 Å². The largest absolute Gasteiger partial charge is 0.312 e. The van der Waals surface area contributed by atoms with Crippen LogP contribution < -0.4 is 5.32 Å². The molecule has 0 aliphatic carbocycles. The van der Waals surface area contributed by atoms with Crippen molar-refractivity contribution in [1.82, 2.24) is 5.32 Å². The van der Waals surface area contributed by atoms with Crippen molar-refractivity contribution in [3.63, 3.8) is 0 Å². The predicted molar refractivity (Wildman–Crippen MR) is 69.6 cm³/mol. The summed E-state index contributed by atoms with van der Waals surface area (Å²) in [7, 11) is 0. The highest BCUT2D eigenvalue weighted by Gasteiger charge is 2.15. The maximum absolute atomic E-state index is 3.44. The Morgan fingerprint density at radius 1 is 1.25 bits per heavy atom. The summed E-state index contributed by atoms with van der Waals surface area (Å²) in [6.45, 7) is 9.16. The van der Waals surface area contributed by atoms with Crippen molar-refractivity contribution in [2.75, 3.05) is 6.54 Å². The third kappa shape index (κ3) is 2.85. The van der Waals surface area contributed by atoms with Crippen molar-refractivity contribution >= 4 is 0 Å². The van der Waals surface area contributed by atoms with Crippen LogP contribution in [0.5, 0.6) is 0 Å². The fourth-order valence-corrected chi connectivity index (χ4v) is 2.35. The van der Waals surface area contributed by atoms with Crippen LogP contribution in [0.15, 0.2) is 18.2 Å². The molecule has 0 fully saturated rings. The maximum atomic E-state index is 3.44. The number of benzene rings is 1. The highest BCUT2D eigenvalue weighted by atomic mass is 14.9. The van der Waals surface area contributed by atoms with E-state index in [0.29, 0.717) is 5.41 Å². The van der Waals surface area contributed by atoms with Crippen molar-refractivity contribution in [1.29, 1.82) is 0 Å². The van der Waals surface area contributed by atoms with Gasteiger partial charge in [-0.2, -0.15) is 0 Å². The molecule has 1 nitrogen and oxygen atoms in total. The summed E-state index contributed by atoms with van der Waals surface area (Å²) in [6.07, 6.45) is 3.71. The number of fused-ring (bicyclic) bond motifs is 1. The Bertz CT molecular complexity index is 360. The van der Waals surface area contributed by atoms with Gasteiger partial charge < -0.3 is 5.32 Å². The molecule has 0 radical (unpaired) electrons. The van der Waals surface area contributed by atoms with Gasteiger partial charge >= 0.3 is 0 Å². The van der Waals surface area contributed by atoms with Crippen LogP contribution in [0.25, 0.3) is 0 Å². The second kappa shape index (κ2) is 4.58. The van der Waals surface area contributed by atoms with Crippen LogP contribution in [0.4, 0.5) is 0 Å². The second-order valence-electron chi connectivity index (χ2n) is 6.04. The molecule has 1 N–H and O–H groups in total. The molecule has 1 aromatic rings. The molecule has 1 heterocycles. The summed E-state index contributed by atoms with van der Waals surface area (Å²) >= 11 is 0. The average Bonchev–Trinajstić information content (AvgIpc) is 2.25. The molecule has 16 heavy (non-hydrogen) atoms. The highest BCUT2D eigenvalue weighted by Crippen LogP contribution is 2.25. The van der Waals surface area contributed by atoms with Crippen LogP contribution in [0.1, 0.15) is 43.9 Å². The monoisotopic (exact) mass is 217 g/mol. The lowest BCUT2D eigenvalue weighted by Crippen LogP contribution is -2.24. The maximum Gasteiger partial charge on any atom is 0.0208 e. The van der Waals surface area contributed by atoms with Gasteiger partial charge in [0.15, 0.2) is 0 Å². The van der Waals surface area contributed by atoms with Crippen LogP contribution in [-0.4, -0.2) is 6.54 Å². The molecule has 0 amide bonds. The van der Waals surface area contributed by atoms with E-state index >= 15 is 0 Å². The van der Waals surface area contributed by atoms with Crippen molar-refractivity contribution < 1.29 is 0 Å². The number of nitrogens with one attached hydrogen (secondary N) is 1. The van der Waals surface area contributed by atoms with Gasteiger partial charge in [0.25, 0.3) is 0 Å². The molecule has 1 aromatic carbocycles. The first-order chi connectivity index (χ1) is 7.56. The lowest BCUT2D eigenvalue weighted by atomic mass is 9.85. The quantitative estimate of drug-likeness (QED) is 0.801. The Balaban J connectivity index is 2.15. The lowest BCUT2D eigenvalue weighted by Gasteiger charge is -2.23. The van der Waals surface area contributed by atoms with E-state index in [4.69, 9.17) is 0 Å². The molecule has 0 unspecified atom stereocenters. The number of hydrogen-bond donors (Lipinski definition) is 1. The fourth-order valence-electron chi connectivity index (χ4n) is 2.35. The van der Waals surface area contributed by atoms with Gasteiger partial charge in [0, 0.05) is 6.54 Å². The van der Waals surface area contributed by atoms with Gasteiger partial charge in [-0.05, 0) is 47.9 Å². The summed E-state index contributed by atoms with van der Waals surface area (Å²) in [5, 5.41) is 3.44. The van der Waals surface area contributed by atoms with Crippen LogP contribution in [0, 0.1) is 5.41 Å². The number of aryl methyl sites for hydroxylation is 1. The fraction of sp³-hybridized carbons (Fsp3) is 0.600. The molecule has 0 saturated carbocycles. The summed E-state index contributed by atoms with van der Waals surface area (Å²) in [5.74, 6) is 0. The SMILES string of the molecule is CC(C)(C)CCc1cccc2c1CCNC2. The molecular weight excluding hydrogens is 194 g/mol. The summed E-state index contributed by atoms with van der Waals surface area (Å²) < 4.78 is 0. The zero-order valence-corrected chi connectivity index (χ0v) is 10.8. The van der Waals surface area contributed by atoms with E-state index in [1.165, 1.54) is 24.8 Å². The highest BCUT2D eigenvalue weighted by molar-refractivity contribution is 5.37. The van der Waals surface area contributed by atoms with Gasteiger partial charge in [-0.15, -0.1) is 0 Å². The molecule has 1 aliphatic heterocycles. The minimum atomic E-state index is 0.440. The smallest absolute Gasteiger partial charge is 0.0208 e. The van der Waals surface area contributed by atoms with Gasteiger partial charge in [-0.1, -0.05) is 39.0 Å². The van der Waals surface area contributed by atoms with Gasteiger partial charge in [0.05, 0.1) is 0 Å². The van der Waals surface area contributed by atoms with Crippen molar-refractivity contribution in [3.8, 4) is 0 Å². The van der Waals surface area contributed by atoms with Gasteiger partial charge in [-0.3, -0.25) is 0 Å².